The lowest BCUT2D eigenvalue weighted by Gasteiger charge is -2.21. The van der Waals surface area contributed by atoms with Gasteiger partial charge in [0.2, 0.25) is 0 Å². The van der Waals surface area contributed by atoms with Crippen molar-refractivity contribution in [3.63, 3.8) is 0 Å². The van der Waals surface area contributed by atoms with Gasteiger partial charge in [0.25, 0.3) is 0 Å². The molecule has 1 aromatic rings. The lowest BCUT2D eigenvalue weighted by atomic mass is 9.83. The zero-order chi connectivity index (χ0) is 17.8. The maximum atomic E-state index is 7.83. The number of hydrogen-bond donors (Lipinski definition) is 0. The molecule has 0 amide bonds. The molecule has 0 atom stereocenters. The highest BCUT2D eigenvalue weighted by Crippen LogP contribution is 2.29. The van der Waals surface area contributed by atoms with Crippen molar-refractivity contribution in [1.29, 1.82) is 0 Å². The van der Waals surface area contributed by atoms with Gasteiger partial charge in [-0.3, -0.25) is 0 Å². The molecule has 0 unspecified atom stereocenters. The van der Waals surface area contributed by atoms with Gasteiger partial charge in [-0.05, 0) is 86.1 Å². The summed E-state index contributed by atoms with van der Waals surface area (Å²) >= 11 is 0. The van der Waals surface area contributed by atoms with E-state index in [0.717, 1.165) is 18.4 Å². The van der Waals surface area contributed by atoms with Crippen LogP contribution >= 0.6 is 0 Å². The fourth-order valence-electron chi connectivity index (χ4n) is 3.55. The van der Waals surface area contributed by atoms with E-state index in [9.17, 15) is 0 Å². The first-order valence-corrected chi connectivity index (χ1v) is 10.3. The topological polar surface area (TPSA) is 0 Å². The molecule has 0 bridgehead atoms. The number of unbranched alkanes of at least 4 members (excludes halogenated alkanes) is 4. The van der Waals surface area contributed by atoms with E-state index in [-0.39, 0.29) is 0 Å². The monoisotopic (exact) mass is 325 g/mol. The summed E-state index contributed by atoms with van der Waals surface area (Å²) in [7, 11) is 0. The summed E-state index contributed by atoms with van der Waals surface area (Å²) in [4.78, 5) is 0. The Labute approximate surface area is 151 Å². The Balaban J connectivity index is 3.39. The molecule has 24 heavy (non-hydrogen) atoms. The highest BCUT2D eigenvalue weighted by Gasteiger charge is 2.16. The molecular formula is C24H37. The SMILES string of the molecule is [C]#Cc1cc(CCCC)c(CCCC)c(CCCC)c1CCCC. The van der Waals surface area contributed by atoms with Gasteiger partial charge < -0.3 is 0 Å². The second-order valence-corrected chi connectivity index (χ2v) is 7.06. The Hall–Kier alpha value is -1.22. The second kappa shape index (κ2) is 12.2. The molecule has 0 aromatic heterocycles. The molecule has 0 nitrogen and oxygen atoms in total. The number of hydrogen-bond acceptors (Lipinski definition) is 0. The molecule has 1 aromatic carbocycles. The Bertz CT molecular complexity index is 516. The van der Waals surface area contributed by atoms with Crippen molar-refractivity contribution in [1.82, 2.24) is 0 Å². The van der Waals surface area contributed by atoms with E-state index in [0.29, 0.717) is 0 Å². The summed E-state index contributed by atoms with van der Waals surface area (Å²) in [6.45, 7) is 9.09. The third-order valence-corrected chi connectivity index (χ3v) is 5.04. The standard InChI is InChI=1S/C24H37/c1-6-11-15-21-19-20(10-5)22(16-12-7-2)24(18-14-9-4)23(21)17-13-8-3/h19H,6-9,11-18H2,1-4H3. The van der Waals surface area contributed by atoms with Crippen molar-refractivity contribution in [2.45, 2.75) is 105 Å². The third-order valence-electron chi connectivity index (χ3n) is 5.04. The van der Waals surface area contributed by atoms with Crippen LogP contribution in [0.4, 0.5) is 0 Å². The zero-order valence-corrected chi connectivity index (χ0v) is 16.6. The molecule has 0 saturated carbocycles. The lowest BCUT2D eigenvalue weighted by molar-refractivity contribution is 0.717. The molecule has 0 fully saturated rings. The van der Waals surface area contributed by atoms with Gasteiger partial charge in [0, 0.05) is 5.56 Å². The molecule has 0 aliphatic carbocycles. The zero-order valence-electron chi connectivity index (χ0n) is 16.6. The molecule has 133 valence electrons. The van der Waals surface area contributed by atoms with Crippen molar-refractivity contribution < 1.29 is 0 Å². The second-order valence-electron chi connectivity index (χ2n) is 7.06. The van der Waals surface area contributed by atoms with Crippen LogP contribution in [0.15, 0.2) is 6.07 Å². The molecule has 0 heteroatoms. The Kier molecular flexibility index (Phi) is 10.6. The molecular weight excluding hydrogens is 288 g/mol. The van der Waals surface area contributed by atoms with E-state index in [2.05, 4.69) is 39.7 Å². The van der Waals surface area contributed by atoms with Gasteiger partial charge in [-0.2, -0.15) is 0 Å². The Morgan fingerprint density at radius 3 is 1.62 bits per heavy atom. The van der Waals surface area contributed by atoms with Crippen LogP contribution in [0.5, 0.6) is 0 Å². The molecule has 0 spiro atoms. The van der Waals surface area contributed by atoms with Crippen LogP contribution in [0.1, 0.15) is 107 Å². The van der Waals surface area contributed by atoms with E-state index < -0.39 is 0 Å². The van der Waals surface area contributed by atoms with E-state index in [1.54, 1.807) is 11.1 Å². The quantitative estimate of drug-likeness (QED) is 0.363. The average molecular weight is 326 g/mol. The fraction of sp³-hybridized carbons (Fsp3) is 0.667. The van der Waals surface area contributed by atoms with E-state index in [1.807, 2.05) is 0 Å². The van der Waals surface area contributed by atoms with Crippen molar-refractivity contribution in [3.05, 3.63) is 40.3 Å². The number of benzene rings is 1. The predicted octanol–water partition coefficient (Wildman–Crippen LogP) is 6.99. The summed E-state index contributed by atoms with van der Waals surface area (Å²) in [6, 6.07) is 2.30. The highest BCUT2D eigenvalue weighted by molar-refractivity contribution is 5.52. The normalized spacial score (nSPS) is 10.8. The van der Waals surface area contributed by atoms with Gasteiger partial charge in [-0.1, -0.05) is 59.3 Å². The minimum atomic E-state index is 1.07. The van der Waals surface area contributed by atoms with Gasteiger partial charge in [-0.25, -0.2) is 0 Å². The largest absolute Gasteiger partial charge is 0.0654 e. The van der Waals surface area contributed by atoms with E-state index >= 15 is 0 Å². The van der Waals surface area contributed by atoms with Gasteiger partial charge in [0.15, 0.2) is 0 Å². The maximum absolute atomic E-state index is 7.83. The van der Waals surface area contributed by atoms with Crippen molar-refractivity contribution in [2.24, 2.45) is 0 Å². The summed E-state index contributed by atoms with van der Waals surface area (Å²) in [5, 5.41) is 0. The highest BCUT2D eigenvalue weighted by atomic mass is 14.2. The molecule has 0 saturated heterocycles. The summed E-state index contributed by atoms with van der Waals surface area (Å²) in [5.41, 5.74) is 7.23. The van der Waals surface area contributed by atoms with Crippen LogP contribution < -0.4 is 0 Å². The van der Waals surface area contributed by atoms with Crippen LogP contribution in [0.25, 0.3) is 0 Å². The first kappa shape index (κ1) is 20.8. The van der Waals surface area contributed by atoms with Crippen molar-refractivity contribution in [2.75, 3.05) is 0 Å². The Morgan fingerprint density at radius 1 is 0.667 bits per heavy atom. The molecule has 0 aliphatic rings. The Morgan fingerprint density at radius 2 is 1.12 bits per heavy atom. The third kappa shape index (κ3) is 6.01. The van der Waals surface area contributed by atoms with Crippen LogP contribution in [0, 0.1) is 12.3 Å². The van der Waals surface area contributed by atoms with Gasteiger partial charge in [-0.15, -0.1) is 0 Å². The van der Waals surface area contributed by atoms with Crippen molar-refractivity contribution >= 4 is 0 Å². The first-order valence-electron chi connectivity index (χ1n) is 10.3. The average Bonchev–Trinajstić information content (AvgIpc) is 2.61. The molecule has 0 N–H and O–H groups in total. The molecule has 0 heterocycles. The van der Waals surface area contributed by atoms with Gasteiger partial charge in [0.1, 0.15) is 0 Å². The van der Waals surface area contributed by atoms with E-state index in [4.69, 9.17) is 6.42 Å². The van der Waals surface area contributed by atoms with Crippen molar-refractivity contribution in [3.8, 4) is 5.92 Å². The van der Waals surface area contributed by atoms with Gasteiger partial charge >= 0.3 is 0 Å². The van der Waals surface area contributed by atoms with Crippen LogP contribution in [0.3, 0.4) is 0 Å². The smallest absolute Gasteiger partial charge is 0.0293 e. The first-order chi connectivity index (χ1) is 11.7. The maximum Gasteiger partial charge on any atom is 0.0293 e. The van der Waals surface area contributed by atoms with Crippen LogP contribution in [-0.4, -0.2) is 0 Å². The van der Waals surface area contributed by atoms with Gasteiger partial charge in [0.05, 0.1) is 0 Å². The minimum Gasteiger partial charge on any atom is -0.0654 e. The number of rotatable bonds is 12. The molecule has 0 aliphatic heterocycles. The minimum absolute atomic E-state index is 1.07. The summed E-state index contributed by atoms with van der Waals surface area (Å²) < 4.78 is 0. The number of aryl methyl sites for hydroxylation is 1. The summed E-state index contributed by atoms with van der Waals surface area (Å²) in [6.07, 6.45) is 22.4. The van der Waals surface area contributed by atoms with Crippen LogP contribution in [0.2, 0.25) is 0 Å². The van der Waals surface area contributed by atoms with Crippen LogP contribution in [-0.2, 0) is 25.7 Å². The summed E-state index contributed by atoms with van der Waals surface area (Å²) in [5.74, 6) is 2.77. The predicted molar refractivity (Wildman–Crippen MR) is 107 cm³/mol. The molecule has 1 rings (SSSR count). The van der Waals surface area contributed by atoms with E-state index in [1.165, 1.54) is 75.3 Å². The molecule has 1 radical (unpaired) electrons. The lowest BCUT2D eigenvalue weighted by Crippen LogP contribution is -2.09. The fourth-order valence-corrected chi connectivity index (χ4v) is 3.55.